The summed E-state index contributed by atoms with van der Waals surface area (Å²) in [5.41, 5.74) is 8.29. The Morgan fingerprint density at radius 2 is 2.22 bits per heavy atom. The summed E-state index contributed by atoms with van der Waals surface area (Å²) in [4.78, 5) is 11.5. The molecule has 18 heavy (non-hydrogen) atoms. The number of hydrogen-bond acceptors (Lipinski definition) is 5. The largest absolute Gasteiger partial charge is 0.398 e. The maximum Gasteiger partial charge on any atom is 0.139 e. The third kappa shape index (κ3) is 1.72. The number of anilines is 1. The Labute approximate surface area is 110 Å². The van der Waals surface area contributed by atoms with Gasteiger partial charge in [-0.3, -0.25) is 4.21 Å². The molecule has 0 fully saturated rings. The summed E-state index contributed by atoms with van der Waals surface area (Å²) in [5, 5.41) is 1.62. The minimum absolute atomic E-state index is 0.643. The van der Waals surface area contributed by atoms with Gasteiger partial charge in [-0.15, -0.1) is 11.3 Å². The van der Waals surface area contributed by atoms with Crippen LogP contribution in [0.2, 0.25) is 0 Å². The zero-order chi connectivity index (χ0) is 12.7. The fraction of sp³-hybridized carbons (Fsp3) is 0.0909. The van der Waals surface area contributed by atoms with Crippen LogP contribution in [0.15, 0.2) is 28.9 Å². The molecule has 3 rings (SSSR count). The fourth-order valence-electron chi connectivity index (χ4n) is 1.72. The average Bonchev–Trinajstić information content (AvgIpc) is 2.97. The number of nitrogens with two attached hydrogens (primary N) is 1. The predicted octanol–water partition coefficient (Wildman–Crippen LogP) is 2.01. The van der Waals surface area contributed by atoms with Crippen molar-refractivity contribution in [3.63, 3.8) is 0 Å². The van der Waals surface area contributed by atoms with Crippen molar-refractivity contribution in [3.05, 3.63) is 24.7 Å². The number of fused-ring (bicyclic) bond motifs is 1. The molecule has 0 aliphatic heterocycles. The van der Waals surface area contributed by atoms with Crippen LogP contribution in [0, 0.1) is 0 Å². The van der Waals surface area contributed by atoms with E-state index >= 15 is 0 Å². The highest BCUT2D eigenvalue weighted by Gasteiger charge is 2.13. The van der Waals surface area contributed by atoms with E-state index in [0.717, 1.165) is 25.8 Å². The second-order valence-corrected chi connectivity index (χ2v) is 6.40. The molecular formula is C11H10N4OS2. The van der Waals surface area contributed by atoms with Crippen molar-refractivity contribution >= 4 is 38.9 Å². The van der Waals surface area contributed by atoms with E-state index in [9.17, 15) is 4.21 Å². The molecule has 0 bridgehead atoms. The number of H-pyrrole nitrogens is 1. The molecule has 0 saturated heterocycles. The molecule has 0 saturated carbocycles. The molecule has 0 radical (unpaired) electrons. The van der Waals surface area contributed by atoms with Crippen molar-refractivity contribution in [2.45, 2.75) is 4.21 Å². The van der Waals surface area contributed by atoms with Crippen molar-refractivity contribution < 1.29 is 4.21 Å². The van der Waals surface area contributed by atoms with Crippen LogP contribution in [0.5, 0.6) is 0 Å². The molecular weight excluding hydrogens is 268 g/mol. The van der Waals surface area contributed by atoms with E-state index in [1.165, 1.54) is 11.3 Å². The first-order valence-electron chi connectivity index (χ1n) is 5.18. The Hall–Kier alpha value is -1.73. The number of nitrogens with one attached hydrogen (secondary N) is 1. The van der Waals surface area contributed by atoms with E-state index < -0.39 is 10.8 Å². The Morgan fingerprint density at radius 1 is 1.39 bits per heavy atom. The van der Waals surface area contributed by atoms with Crippen LogP contribution in [0.1, 0.15) is 0 Å². The summed E-state index contributed by atoms with van der Waals surface area (Å²) in [6.45, 7) is 0. The number of nitrogens with zero attached hydrogens (tertiary/aromatic N) is 2. The molecule has 0 amide bonds. The smallest absolute Gasteiger partial charge is 0.139 e. The SMILES string of the molecule is CS(=O)c1cnc(-c2cnc3[nH]ccc3c2N)s1. The van der Waals surface area contributed by atoms with Crippen LogP contribution >= 0.6 is 11.3 Å². The highest BCUT2D eigenvalue weighted by atomic mass is 32.2. The molecule has 1 atom stereocenters. The standard InChI is InChI=1S/C11H10N4OS2/c1-18(16)8-5-15-11(17-8)7-4-14-10-6(9(7)12)2-3-13-10/h2-5H,1H3,(H3,12,13,14). The molecule has 3 aromatic heterocycles. The minimum atomic E-state index is -1.02. The second-order valence-electron chi connectivity index (χ2n) is 3.76. The van der Waals surface area contributed by atoms with Gasteiger partial charge in [0.2, 0.25) is 0 Å². The summed E-state index contributed by atoms with van der Waals surface area (Å²) >= 11 is 1.38. The fourth-order valence-corrected chi connectivity index (χ4v) is 3.30. The van der Waals surface area contributed by atoms with Gasteiger partial charge in [-0.05, 0) is 6.07 Å². The highest BCUT2D eigenvalue weighted by Crippen LogP contribution is 2.33. The summed E-state index contributed by atoms with van der Waals surface area (Å²) in [5.74, 6) is 0. The number of nitrogen functional groups attached to an aromatic ring is 1. The lowest BCUT2D eigenvalue weighted by atomic mass is 10.2. The van der Waals surface area contributed by atoms with Crippen LogP contribution in [0.3, 0.4) is 0 Å². The summed E-state index contributed by atoms with van der Waals surface area (Å²) in [7, 11) is -1.02. The van der Waals surface area contributed by atoms with E-state index in [1.54, 1.807) is 24.8 Å². The van der Waals surface area contributed by atoms with Gasteiger partial charge in [-0.25, -0.2) is 9.97 Å². The second kappa shape index (κ2) is 4.18. The monoisotopic (exact) mass is 278 g/mol. The molecule has 92 valence electrons. The zero-order valence-electron chi connectivity index (χ0n) is 9.51. The third-order valence-electron chi connectivity index (χ3n) is 2.63. The van der Waals surface area contributed by atoms with Gasteiger partial charge in [0.15, 0.2) is 0 Å². The summed E-state index contributed by atoms with van der Waals surface area (Å²) in [6, 6.07) is 1.88. The number of pyridine rings is 1. The Morgan fingerprint density at radius 3 is 2.94 bits per heavy atom. The van der Waals surface area contributed by atoms with Crippen LogP contribution < -0.4 is 5.73 Å². The van der Waals surface area contributed by atoms with Crippen LogP contribution in [-0.2, 0) is 10.8 Å². The number of aromatic nitrogens is 3. The van der Waals surface area contributed by atoms with Gasteiger partial charge in [0.25, 0.3) is 0 Å². The van der Waals surface area contributed by atoms with Crippen LogP contribution in [0.25, 0.3) is 21.6 Å². The first-order chi connectivity index (χ1) is 8.66. The number of rotatable bonds is 2. The van der Waals surface area contributed by atoms with Crippen molar-refractivity contribution in [2.24, 2.45) is 0 Å². The quantitative estimate of drug-likeness (QED) is 0.751. The molecule has 3 heterocycles. The lowest BCUT2D eigenvalue weighted by Gasteiger charge is -2.02. The molecule has 0 aliphatic rings. The van der Waals surface area contributed by atoms with Gasteiger partial charge >= 0.3 is 0 Å². The van der Waals surface area contributed by atoms with Crippen molar-refractivity contribution in [2.75, 3.05) is 12.0 Å². The Balaban J connectivity index is 2.18. The third-order valence-corrected chi connectivity index (χ3v) is 5.08. The Bertz CT molecular complexity index is 746. The van der Waals surface area contributed by atoms with Crippen molar-refractivity contribution in [3.8, 4) is 10.6 Å². The molecule has 0 aromatic carbocycles. The first-order valence-corrected chi connectivity index (χ1v) is 7.55. The van der Waals surface area contributed by atoms with E-state index in [0.29, 0.717) is 5.69 Å². The number of hydrogen-bond donors (Lipinski definition) is 2. The van der Waals surface area contributed by atoms with Crippen LogP contribution in [0.4, 0.5) is 5.69 Å². The van der Waals surface area contributed by atoms with E-state index in [2.05, 4.69) is 15.0 Å². The predicted molar refractivity (Wildman–Crippen MR) is 73.9 cm³/mol. The molecule has 3 N–H and O–H groups in total. The van der Waals surface area contributed by atoms with Gasteiger partial charge < -0.3 is 10.7 Å². The minimum Gasteiger partial charge on any atom is -0.398 e. The van der Waals surface area contributed by atoms with Gasteiger partial charge in [-0.1, -0.05) is 0 Å². The van der Waals surface area contributed by atoms with Crippen molar-refractivity contribution in [1.82, 2.24) is 15.0 Å². The molecule has 0 spiro atoms. The van der Waals surface area contributed by atoms with E-state index in [4.69, 9.17) is 5.73 Å². The lowest BCUT2D eigenvalue weighted by Crippen LogP contribution is -1.92. The van der Waals surface area contributed by atoms with Crippen molar-refractivity contribution in [1.29, 1.82) is 0 Å². The van der Waals surface area contributed by atoms with Gasteiger partial charge in [-0.2, -0.15) is 0 Å². The molecule has 7 heteroatoms. The Kier molecular flexibility index (Phi) is 2.64. The molecule has 0 aliphatic carbocycles. The van der Waals surface area contributed by atoms with Gasteiger partial charge in [0, 0.05) is 24.0 Å². The van der Waals surface area contributed by atoms with E-state index in [1.807, 2.05) is 6.07 Å². The topological polar surface area (TPSA) is 84.7 Å². The van der Waals surface area contributed by atoms with E-state index in [-0.39, 0.29) is 0 Å². The van der Waals surface area contributed by atoms with Crippen LogP contribution in [-0.4, -0.2) is 25.4 Å². The van der Waals surface area contributed by atoms with Gasteiger partial charge in [0.1, 0.15) is 14.9 Å². The average molecular weight is 278 g/mol. The molecule has 1 unspecified atom stereocenters. The lowest BCUT2D eigenvalue weighted by molar-refractivity contribution is 0.688. The first kappa shape index (κ1) is 11.4. The zero-order valence-corrected chi connectivity index (χ0v) is 11.1. The number of thiazole rings is 1. The summed E-state index contributed by atoms with van der Waals surface area (Å²) < 4.78 is 12.1. The normalized spacial score (nSPS) is 12.9. The maximum atomic E-state index is 11.4. The maximum absolute atomic E-state index is 11.4. The number of aromatic amines is 1. The van der Waals surface area contributed by atoms with Gasteiger partial charge in [0.05, 0.1) is 28.2 Å². The summed E-state index contributed by atoms with van der Waals surface area (Å²) in [6.07, 6.45) is 6.74. The molecule has 3 aromatic rings. The highest BCUT2D eigenvalue weighted by molar-refractivity contribution is 7.86. The molecule has 5 nitrogen and oxygen atoms in total.